The lowest BCUT2D eigenvalue weighted by Crippen LogP contribution is -2.35. The van der Waals surface area contributed by atoms with Crippen molar-refractivity contribution < 1.29 is 0 Å². The predicted molar refractivity (Wildman–Crippen MR) is 93.7 cm³/mol. The SMILES string of the molecule is CC1CCNC(c2ccccc2)CN1Cc1sccc1Br. The Labute approximate surface area is 139 Å². The summed E-state index contributed by atoms with van der Waals surface area (Å²) in [5.74, 6) is 0. The first-order chi connectivity index (χ1) is 10.2. The van der Waals surface area contributed by atoms with E-state index in [2.05, 4.69) is 74.8 Å². The highest BCUT2D eigenvalue weighted by Gasteiger charge is 2.24. The van der Waals surface area contributed by atoms with Crippen LogP contribution in [0.4, 0.5) is 0 Å². The van der Waals surface area contributed by atoms with Gasteiger partial charge in [-0.25, -0.2) is 0 Å². The van der Waals surface area contributed by atoms with Gasteiger partial charge in [0.2, 0.25) is 0 Å². The molecule has 1 aliphatic heterocycles. The molecule has 0 amide bonds. The van der Waals surface area contributed by atoms with E-state index in [1.54, 1.807) is 0 Å². The average molecular weight is 365 g/mol. The Morgan fingerprint density at radius 3 is 2.81 bits per heavy atom. The lowest BCUT2D eigenvalue weighted by molar-refractivity contribution is 0.197. The Bertz CT molecular complexity index is 569. The summed E-state index contributed by atoms with van der Waals surface area (Å²) in [6.45, 7) is 5.53. The van der Waals surface area contributed by atoms with E-state index in [9.17, 15) is 0 Å². The number of nitrogens with one attached hydrogen (secondary N) is 1. The zero-order chi connectivity index (χ0) is 14.7. The summed E-state index contributed by atoms with van der Waals surface area (Å²) in [5.41, 5.74) is 1.39. The van der Waals surface area contributed by atoms with Crippen LogP contribution in [0.5, 0.6) is 0 Å². The molecular formula is C17H21BrN2S. The van der Waals surface area contributed by atoms with Crippen molar-refractivity contribution >= 4 is 27.3 Å². The molecule has 1 N–H and O–H groups in total. The maximum atomic E-state index is 3.70. The zero-order valence-corrected chi connectivity index (χ0v) is 14.7. The largest absolute Gasteiger partial charge is 0.309 e. The maximum Gasteiger partial charge on any atom is 0.0449 e. The highest BCUT2D eigenvalue weighted by Crippen LogP contribution is 2.27. The van der Waals surface area contributed by atoms with Gasteiger partial charge in [-0.15, -0.1) is 11.3 Å². The van der Waals surface area contributed by atoms with Gasteiger partial charge in [0.15, 0.2) is 0 Å². The molecule has 0 spiro atoms. The lowest BCUT2D eigenvalue weighted by atomic mass is 10.1. The van der Waals surface area contributed by atoms with Crippen LogP contribution < -0.4 is 5.32 Å². The first-order valence-electron chi connectivity index (χ1n) is 7.48. The van der Waals surface area contributed by atoms with E-state index in [4.69, 9.17) is 0 Å². The molecule has 112 valence electrons. The Morgan fingerprint density at radius 2 is 2.10 bits per heavy atom. The van der Waals surface area contributed by atoms with Crippen molar-refractivity contribution in [3.8, 4) is 0 Å². The normalized spacial score (nSPS) is 23.9. The third kappa shape index (κ3) is 3.75. The van der Waals surface area contributed by atoms with Gasteiger partial charge in [-0.3, -0.25) is 4.90 Å². The smallest absolute Gasteiger partial charge is 0.0449 e. The van der Waals surface area contributed by atoms with E-state index >= 15 is 0 Å². The van der Waals surface area contributed by atoms with E-state index in [0.29, 0.717) is 12.1 Å². The Kier molecular flexibility index (Phi) is 5.11. The monoisotopic (exact) mass is 364 g/mol. The number of thiophene rings is 1. The molecule has 4 heteroatoms. The average Bonchev–Trinajstić information content (AvgIpc) is 2.81. The van der Waals surface area contributed by atoms with E-state index < -0.39 is 0 Å². The molecule has 2 heterocycles. The van der Waals surface area contributed by atoms with Gasteiger partial charge in [0.25, 0.3) is 0 Å². The van der Waals surface area contributed by atoms with Crippen molar-refractivity contribution in [2.75, 3.05) is 13.1 Å². The van der Waals surface area contributed by atoms with Gasteiger partial charge in [-0.1, -0.05) is 30.3 Å². The fourth-order valence-electron chi connectivity index (χ4n) is 2.88. The quantitative estimate of drug-likeness (QED) is 0.865. The molecule has 2 aromatic rings. The van der Waals surface area contributed by atoms with Crippen LogP contribution in [-0.4, -0.2) is 24.0 Å². The number of hydrogen-bond acceptors (Lipinski definition) is 3. The molecule has 3 rings (SSSR count). The summed E-state index contributed by atoms with van der Waals surface area (Å²) < 4.78 is 1.24. The van der Waals surface area contributed by atoms with Crippen LogP contribution in [-0.2, 0) is 6.54 Å². The van der Waals surface area contributed by atoms with Crippen molar-refractivity contribution in [1.82, 2.24) is 10.2 Å². The molecule has 1 aromatic heterocycles. The summed E-state index contributed by atoms with van der Waals surface area (Å²) in [4.78, 5) is 4.03. The summed E-state index contributed by atoms with van der Waals surface area (Å²) in [6, 6.07) is 14.0. The second kappa shape index (κ2) is 7.05. The molecule has 0 aliphatic carbocycles. The molecular weight excluding hydrogens is 344 g/mol. The van der Waals surface area contributed by atoms with Crippen molar-refractivity contribution in [2.45, 2.75) is 32.0 Å². The Morgan fingerprint density at radius 1 is 1.29 bits per heavy atom. The van der Waals surface area contributed by atoms with Crippen molar-refractivity contribution in [2.24, 2.45) is 0 Å². The molecule has 1 aliphatic rings. The highest BCUT2D eigenvalue weighted by molar-refractivity contribution is 9.10. The molecule has 0 saturated carbocycles. The standard InChI is InChI=1S/C17H21BrN2S/c1-13-7-9-19-16(14-5-3-2-4-6-14)11-20(13)12-17-15(18)8-10-21-17/h2-6,8,10,13,16,19H,7,9,11-12H2,1H3. The van der Waals surface area contributed by atoms with Gasteiger partial charge >= 0.3 is 0 Å². The van der Waals surface area contributed by atoms with Crippen molar-refractivity contribution in [3.05, 3.63) is 56.7 Å². The van der Waals surface area contributed by atoms with Crippen LogP contribution in [0.3, 0.4) is 0 Å². The molecule has 0 bridgehead atoms. The second-order valence-corrected chi connectivity index (χ2v) is 7.53. The van der Waals surface area contributed by atoms with E-state index in [-0.39, 0.29) is 0 Å². The molecule has 2 nitrogen and oxygen atoms in total. The fraction of sp³-hybridized carbons (Fsp3) is 0.412. The minimum absolute atomic E-state index is 0.426. The van der Waals surface area contributed by atoms with Crippen LogP contribution in [0.15, 0.2) is 46.3 Å². The van der Waals surface area contributed by atoms with Crippen molar-refractivity contribution in [3.63, 3.8) is 0 Å². The predicted octanol–water partition coefficient (Wildman–Crippen LogP) is 4.44. The molecule has 2 unspecified atom stereocenters. The van der Waals surface area contributed by atoms with Crippen LogP contribution in [0.1, 0.15) is 29.8 Å². The number of nitrogens with zero attached hydrogens (tertiary/aromatic N) is 1. The molecule has 1 saturated heterocycles. The van der Waals surface area contributed by atoms with Crippen LogP contribution >= 0.6 is 27.3 Å². The molecule has 0 radical (unpaired) electrons. The number of rotatable bonds is 3. The summed E-state index contributed by atoms with van der Waals surface area (Å²) in [5, 5.41) is 5.86. The third-order valence-corrected chi connectivity index (χ3v) is 6.14. The lowest BCUT2D eigenvalue weighted by Gasteiger charge is -2.29. The molecule has 21 heavy (non-hydrogen) atoms. The van der Waals surface area contributed by atoms with Crippen LogP contribution in [0.2, 0.25) is 0 Å². The number of halogens is 1. The van der Waals surface area contributed by atoms with Crippen molar-refractivity contribution in [1.29, 1.82) is 0 Å². The molecule has 1 aromatic carbocycles. The van der Waals surface area contributed by atoms with Gasteiger partial charge in [0.05, 0.1) is 0 Å². The van der Waals surface area contributed by atoms with Gasteiger partial charge in [0.1, 0.15) is 0 Å². The minimum atomic E-state index is 0.426. The third-order valence-electron chi connectivity index (χ3n) is 4.23. The van der Waals surface area contributed by atoms with Gasteiger partial charge in [-0.05, 0) is 52.8 Å². The number of hydrogen-bond donors (Lipinski definition) is 1. The maximum absolute atomic E-state index is 3.70. The highest BCUT2D eigenvalue weighted by atomic mass is 79.9. The van der Waals surface area contributed by atoms with Crippen LogP contribution in [0, 0.1) is 0 Å². The first-order valence-corrected chi connectivity index (χ1v) is 9.15. The van der Waals surface area contributed by atoms with Gasteiger partial charge in [-0.2, -0.15) is 0 Å². The summed E-state index contributed by atoms with van der Waals surface area (Å²) in [7, 11) is 0. The van der Waals surface area contributed by atoms with Crippen LogP contribution in [0.25, 0.3) is 0 Å². The zero-order valence-electron chi connectivity index (χ0n) is 12.3. The minimum Gasteiger partial charge on any atom is -0.309 e. The molecule has 2 atom stereocenters. The topological polar surface area (TPSA) is 15.3 Å². The van der Waals surface area contributed by atoms with Gasteiger partial charge < -0.3 is 5.32 Å². The first kappa shape index (κ1) is 15.2. The molecule has 1 fully saturated rings. The second-order valence-electron chi connectivity index (χ2n) is 5.68. The number of benzene rings is 1. The van der Waals surface area contributed by atoms with E-state index in [1.807, 2.05) is 11.3 Å². The van der Waals surface area contributed by atoms with E-state index in [1.165, 1.54) is 21.3 Å². The fourth-order valence-corrected chi connectivity index (χ4v) is 4.38. The summed E-state index contributed by atoms with van der Waals surface area (Å²) >= 11 is 5.50. The van der Waals surface area contributed by atoms with E-state index in [0.717, 1.165) is 19.6 Å². The summed E-state index contributed by atoms with van der Waals surface area (Å²) in [6.07, 6.45) is 1.20. The van der Waals surface area contributed by atoms with Gasteiger partial charge in [0, 0.05) is 34.5 Å². The Balaban J connectivity index is 1.76. The Hall–Kier alpha value is -0.680.